The molecule has 0 unspecified atom stereocenters. The van der Waals surface area contributed by atoms with Gasteiger partial charge in [-0.2, -0.15) is 0 Å². The van der Waals surface area contributed by atoms with Crippen molar-refractivity contribution in [3.05, 3.63) is 23.8 Å². The van der Waals surface area contributed by atoms with Gasteiger partial charge in [-0.05, 0) is 11.8 Å². The second-order valence-corrected chi connectivity index (χ2v) is 7.24. The minimum Gasteiger partial charge on any atom is -0.489 e. The number of carbonyl (C=O) groups is 1. The lowest BCUT2D eigenvalue weighted by Gasteiger charge is -2.19. The predicted octanol–water partition coefficient (Wildman–Crippen LogP) is 4.26. The molecule has 0 aliphatic carbocycles. The van der Waals surface area contributed by atoms with Crippen molar-refractivity contribution in [2.75, 3.05) is 6.61 Å². The minimum absolute atomic E-state index is 0.00856. The second kappa shape index (κ2) is 5.90. The van der Waals surface area contributed by atoms with E-state index in [1.807, 2.05) is 0 Å². The molecule has 0 N–H and O–H groups in total. The summed E-state index contributed by atoms with van der Waals surface area (Å²) < 4.78 is 19.7. The molecule has 1 rings (SSSR count). The highest BCUT2D eigenvalue weighted by atomic mass is 19.1. The Balaban J connectivity index is 2.88. The van der Waals surface area contributed by atoms with Crippen LogP contribution < -0.4 is 4.74 Å². The van der Waals surface area contributed by atoms with Crippen molar-refractivity contribution < 1.29 is 13.9 Å². The Morgan fingerprint density at radius 2 is 1.80 bits per heavy atom. The van der Waals surface area contributed by atoms with E-state index in [9.17, 15) is 9.18 Å². The minimum atomic E-state index is -0.646. The Hall–Kier alpha value is -1.45. The van der Waals surface area contributed by atoms with Gasteiger partial charge in [0.1, 0.15) is 0 Å². The summed E-state index contributed by atoms with van der Waals surface area (Å²) in [6.07, 6.45) is 3.38. The summed E-state index contributed by atoms with van der Waals surface area (Å²) in [5.41, 5.74) is -0.541. The van der Waals surface area contributed by atoms with Gasteiger partial charge in [0.25, 0.3) is 0 Å². The standard InChI is InChI=1S/C16H24FNO2/c1-15(2,3)7-8-20-12-10-18-9-11(13(12)17)14(19)16(4,5)6/h9-10H,7-8H2,1-6H3. The highest BCUT2D eigenvalue weighted by Crippen LogP contribution is 2.27. The van der Waals surface area contributed by atoms with Gasteiger partial charge in [0.15, 0.2) is 17.3 Å². The molecule has 3 nitrogen and oxygen atoms in total. The number of ketones is 1. The molecule has 0 saturated carbocycles. The molecule has 0 aliphatic rings. The molecule has 0 saturated heterocycles. The maximum Gasteiger partial charge on any atom is 0.179 e. The van der Waals surface area contributed by atoms with Gasteiger partial charge in [0, 0.05) is 11.6 Å². The first-order valence-electron chi connectivity index (χ1n) is 6.83. The van der Waals surface area contributed by atoms with E-state index in [0.29, 0.717) is 6.61 Å². The van der Waals surface area contributed by atoms with Crippen molar-refractivity contribution in [1.82, 2.24) is 4.98 Å². The molecular formula is C16H24FNO2. The first-order valence-corrected chi connectivity index (χ1v) is 6.83. The van der Waals surface area contributed by atoms with Gasteiger partial charge in [0.2, 0.25) is 0 Å². The largest absolute Gasteiger partial charge is 0.489 e. The van der Waals surface area contributed by atoms with Crippen LogP contribution in [0, 0.1) is 16.6 Å². The van der Waals surface area contributed by atoms with Crippen molar-refractivity contribution in [3.63, 3.8) is 0 Å². The monoisotopic (exact) mass is 281 g/mol. The topological polar surface area (TPSA) is 39.2 Å². The maximum absolute atomic E-state index is 14.3. The number of carbonyl (C=O) groups excluding carboxylic acids is 1. The van der Waals surface area contributed by atoms with Gasteiger partial charge in [-0.1, -0.05) is 41.5 Å². The van der Waals surface area contributed by atoms with Crippen molar-refractivity contribution >= 4 is 5.78 Å². The number of hydrogen-bond acceptors (Lipinski definition) is 3. The SMILES string of the molecule is CC(C)(C)CCOc1cncc(C(=O)C(C)(C)C)c1F. The van der Waals surface area contributed by atoms with E-state index < -0.39 is 11.2 Å². The number of rotatable bonds is 4. The molecule has 1 aromatic heterocycles. The fourth-order valence-electron chi connectivity index (χ4n) is 1.56. The quantitative estimate of drug-likeness (QED) is 0.774. The van der Waals surface area contributed by atoms with Crippen LogP contribution >= 0.6 is 0 Å². The number of aromatic nitrogens is 1. The molecule has 0 bridgehead atoms. The maximum atomic E-state index is 14.3. The number of nitrogens with zero attached hydrogens (tertiary/aromatic N) is 1. The van der Waals surface area contributed by atoms with E-state index in [2.05, 4.69) is 25.8 Å². The van der Waals surface area contributed by atoms with Crippen LogP contribution in [0.1, 0.15) is 58.3 Å². The molecule has 0 amide bonds. The normalized spacial score (nSPS) is 12.3. The summed E-state index contributed by atoms with van der Waals surface area (Å²) in [7, 11) is 0. The molecule has 0 spiro atoms. The number of Topliss-reactive ketones (excluding diaryl/α,β-unsaturated/α-hetero) is 1. The smallest absolute Gasteiger partial charge is 0.179 e. The van der Waals surface area contributed by atoms with E-state index in [-0.39, 0.29) is 22.5 Å². The van der Waals surface area contributed by atoms with E-state index in [0.717, 1.165) is 6.42 Å². The summed E-state index contributed by atoms with van der Waals surface area (Å²) in [6.45, 7) is 11.9. The molecule has 0 atom stereocenters. The number of ether oxygens (including phenoxy) is 1. The molecule has 0 aliphatic heterocycles. The van der Waals surface area contributed by atoms with Crippen LogP contribution in [0.4, 0.5) is 4.39 Å². The van der Waals surface area contributed by atoms with Gasteiger partial charge >= 0.3 is 0 Å². The predicted molar refractivity (Wildman–Crippen MR) is 77.5 cm³/mol. The number of hydrogen-bond donors (Lipinski definition) is 0. The summed E-state index contributed by atoms with van der Waals surface area (Å²) in [5.74, 6) is -0.845. The highest BCUT2D eigenvalue weighted by Gasteiger charge is 2.27. The van der Waals surface area contributed by atoms with Crippen LogP contribution in [0.2, 0.25) is 0 Å². The Morgan fingerprint density at radius 3 is 2.30 bits per heavy atom. The Bertz CT molecular complexity index is 484. The third-order valence-electron chi connectivity index (χ3n) is 2.88. The van der Waals surface area contributed by atoms with E-state index in [4.69, 9.17) is 4.74 Å². The third-order valence-corrected chi connectivity index (χ3v) is 2.88. The van der Waals surface area contributed by atoms with Crippen LogP contribution in [0.15, 0.2) is 12.4 Å². The number of halogens is 1. The Morgan fingerprint density at radius 1 is 1.20 bits per heavy atom. The van der Waals surface area contributed by atoms with E-state index >= 15 is 0 Å². The van der Waals surface area contributed by atoms with E-state index in [1.54, 1.807) is 20.8 Å². The molecule has 0 radical (unpaired) electrons. The van der Waals surface area contributed by atoms with Gasteiger partial charge in [-0.15, -0.1) is 0 Å². The molecule has 112 valence electrons. The van der Waals surface area contributed by atoms with Gasteiger partial charge in [-0.3, -0.25) is 9.78 Å². The lowest BCUT2D eigenvalue weighted by molar-refractivity contribution is 0.0852. The summed E-state index contributed by atoms with van der Waals surface area (Å²) in [5, 5.41) is 0. The molecule has 1 heterocycles. The average Bonchev–Trinajstić information content (AvgIpc) is 2.28. The molecular weight excluding hydrogens is 257 g/mol. The first-order chi connectivity index (χ1) is 9.02. The molecule has 20 heavy (non-hydrogen) atoms. The van der Waals surface area contributed by atoms with Crippen molar-refractivity contribution in [2.24, 2.45) is 10.8 Å². The van der Waals surface area contributed by atoms with E-state index in [1.165, 1.54) is 12.4 Å². The Labute approximate surface area is 120 Å². The highest BCUT2D eigenvalue weighted by molar-refractivity contribution is 6.00. The summed E-state index contributed by atoms with van der Waals surface area (Å²) in [6, 6.07) is 0. The average molecular weight is 281 g/mol. The van der Waals surface area contributed by atoms with Crippen molar-refractivity contribution in [1.29, 1.82) is 0 Å². The summed E-state index contributed by atoms with van der Waals surface area (Å²) >= 11 is 0. The van der Waals surface area contributed by atoms with Crippen LogP contribution in [-0.4, -0.2) is 17.4 Å². The zero-order chi connectivity index (χ0) is 15.6. The fourth-order valence-corrected chi connectivity index (χ4v) is 1.56. The van der Waals surface area contributed by atoms with Gasteiger partial charge < -0.3 is 4.74 Å². The van der Waals surface area contributed by atoms with Crippen molar-refractivity contribution in [3.8, 4) is 5.75 Å². The molecule has 0 aromatic carbocycles. The molecule has 0 fully saturated rings. The van der Waals surface area contributed by atoms with Crippen LogP contribution in [0.25, 0.3) is 0 Å². The third kappa shape index (κ3) is 4.58. The zero-order valence-corrected chi connectivity index (χ0v) is 13.2. The second-order valence-electron chi connectivity index (χ2n) is 7.24. The molecule has 1 aromatic rings. The van der Waals surface area contributed by atoms with Crippen LogP contribution in [0.5, 0.6) is 5.75 Å². The summed E-state index contributed by atoms with van der Waals surface area (Å²) in [4.78, 5) is 16.0. The van der Waals surface area contributed by atoms with Crippen LogP contribution in [0.3, 0.4) is 0 Å². The van der Waals surface area contributed by atoms with Gasteiger partial charge in [-0.25, -0.2) is 4.39 Å². The molecule has 4 heteroatoms. The van der Waals surface area contributed by atoms with Crippen molar-refractivity contribution in [2.45, 2.75) is 48.0 Å². The first kappa shape index (κ1) is 16.6. The lowest BCUT2D eigenvalue weighted by atomic mass is 9.87. The number of pyridine rings is 1. The Kier molecular flexibility index (Phi) is 4.90. The fraction of sp³-hybridized carbons (Fsp3) is 0.625. The van der Waals surface area contributed by atoms with Gasteiger partial charge in [0.05, 0.1) is 18.4 Å². The van der Waals surface area contributed by atoms with Crippen LogP contribution in [-0.2, 0) is 0 Å². The zero-order valence-electron chi connectivity index (χ0n) is 13.2. The lowest BCUT2D eigenvalue weighted by Crippen LogP contribution is -2.22.